The van der Waals surface area contributed by atoms with Crippen LogP contribution < -0.4 is 5.32 Å². The first-order chi connectivity index (χ1) is 10.8. The van der Waals surface area contributed by atoms with Gasteiger partial charge in [0.1, 0.15) is 6.04 Å². The van der Waals surface area contributed by atoms with Gasteiger partial charge >= 0.3 is 0 Å². The van der Waals surface area contributed by atoms with Gasteiger partial charge in [-0.1, -0.05) is 0 Å². The van der Waals surface area contributed by atoms with Crippen molar-refractivity contribution in [3.8, 4) is 0 Å². The van der Waals surface area contributed by atoms with Gasteiger partial charge in [0.15, 0.2) is 5.65 Å². The lowest BCUT2D eigenvalue weighted by molar-refractivity contribution is -0.119. The van der Waals surface area contributed by atoms with E-state index >= 15 is 0 Å². The minimum Gasteiger partial charge on any atom is -0.342 e. The summed E-state index contributed by atoms with van der Waals surface area (Å²) in [5.41, 5.74) is 1.29. The molecule has 3 rings (SSSR count). The van der Waals surface area contributed by atoms with Gasteiger partial charge in [0.2, 0.25) is 5.91 Å². The standard InChI is InChI=1S/C14H16N6OS/c1-22-9-5-12(19-6-2-3-7-19)14(21)15-11-4-8-20-13(10-11)16-17-18-20/h2-4,6-8,10,12H,5,9H2,1H3,(H,15,21). The van der Waals surface area contributed by atoms with E-state index in [2.05, 4.69) is 20.8 Å². The molecule has 0 radical (unpaired) electrons. The lowest BCUT2D eigenvalue weighted by Crippen LogP contribution is -2.26. The van der Waals surface area contributed by atoms with Crippen LogP contribution in [0.2, 0.25) is 0 Å². The number of aromatic nitrogens is 5. The predicted molar refractivity (Wildman–Crippen MR) is 85.9 cm³/mol. The van der Waals surface area contributed by atoms with Crippen LogP contribution in [-0.4, -0.2) is 42.5 Å². The van der Waals surface area contributed by atoms with Crippen LogP contribution in [-0.2, 0) is 4.79 Å². The topological polar surface area (TPSA) is 77.1 Å². The molecule has 8 heteroatoms. The smallest absolute Gasteiger partial charge is 0.247 e. The molecule has 0 aliphatic rings. The Bertz CT molecular complexity index is 754. The van der Waals surface area contributed by atoms with E-state index in [1.165, 1.54) is 0 Å². The van der Waals surface area contributed by atoms with Crippen molar-refractivity contribution in [2.24, 2.45) is 0 Å². The summed E-state index contributed by atoms with van der Waals surface area (Å²) < 4.78 is 3.48. The van der Waals surface area contributed by atoms with Gasteiger partial charge in [-0.25, -0.2) is 4.52 Å². The maximum absolute atomic E-state index is 12.6. The molecule has 7 nitrogen and oxygen atoms in total. The minimum absolute atomic E-state index is 0.0397. The lowest BCUT2D eigenvalue weighted by atomic mass is 10.2. The first-order valence-electron chi connectivity index (χ1n) is 6.88. The number of carbonyl (C=O) groups is 1. The summed E-state index contributed by atoms with van der Waals surface area (Å²) in [7, 11) is 0. The molecular formula is C14H16N6OS. The highest BCUT2D eigenvalue weighted by Crippen LogP contribution is 2.18. The summed E-state index contributed by atoms with van der Waals surface area (Å²) in [6, 6.07) is 7.15. The van der Waals surface area contributed by atoms with Crippen molar-refractivity contribution >= 4 is 29.0 Å². The molecule has 3 aromatic heterocycles. The van der Waals surface area contributed by atoms with E-state index < -0.39 is 0 Å². The van der Waals surface area contributed by atoms with E-state index in [4.69, 9.17) is 0 Å². The van der Waals surface area contributed by atoms with Crippen molar-refractivity contribution in [1.82, 2.24) is 24.6 Å². The Morgan fingerprint density at radius 2 is 2.18 bits per heavy atom. The molecule has 22 heavy (non-hydrogen) atoms. The average Bonchev–Trinajstić information content (AvgIpc) is 3.18. The molecule has 0 aromatic carbocycles. The Kier molecular flexibility index (Phi) is 4.38. The molecule has 1 atom stereocenters. The molecule has 114 valence electrons. The number of nitrogens with zero attached hydrogens (tertiary/aromatic N) is 5. The van der Waals surface area contributed by atoms with E-state index in [-0.39, 0.29) is 11.9 Å². The van der Waals surface area contributed by atoms with Gasteiger partial charge in [0.05, 0.1) is 0 Å². The van der Waals surface area contributed by atoms with Crippen LogP contribution >= 0.6 is 11.8 Å². The van der Waals surface area contributed by atoms with Gasteiger partial charge in [0.25, 0.3) is 0 Å². The van der Waals surface area contributed by atoms with Gasteiger partial charge in [-0.2, -0.15) is 11.8 Å². The van der Waals surface area contributed by atoms with Crippen LogP contribution in [0.25, 0.3) is 5.65 Å². The maximum Gasteiger partial charge on any atom is 0.247 e. The third kappa shape index (κ3) is 3.11. The Hall–Kier alpha value is -2.35. The number of hydrogen-bond donors (Lipinski definition) is 1. The Morgan fingerprint density at radius 1 is 1.36 bits per heavy atom. The molecule has 1 amide bonds. The molecule has 0 spiro atoms. The number of amides is 1. The number of rotatable bonds is 6. The normalized spacial score (nSPS) is 12.4. The molecule has 0 bridgehead atoms. The zero-order valence-corrected chi connectivity index (χ0v) is 12.9. The van der Waals surface area contributed by atoms with E-state index in [1.807, 2.05) is 35.3 Å². The summed E-state index contributed by atoms with van der Waals surface area (Å²) in [4.78, 5) is 12.6. The van der Waals surface area contributed by atoms with Crippen LogP contribution in [0.1, 0.15) is 12.5 Å². The Morgan fingerprint density at radius 3 is 2.95 bits per heavy atom. The summed E-state index contributed by atoms with van der Waals surface area (Å²) >= 11 is 1.73. The lowest BCUT2D eigenvalue weighted by Gasteiger charge is -2.18. The molecule has 0 aliphatic carbocycles. The maximum atomic E-state index is 12.6. The fraction of sp³-hybridized carbons (Fsp3) is 0.286. The summed E-state index contributed by atoms with van der Waals surface area (Å²) in [6.07, 6.45) is 8.36. The number of thioether (sulfide) groups is 1. The largest absolute Gasteiger partial charge is 0.342 e. The van der Waals surface area contributed by atoms with Crippen LogP contribution in [0.4, 0.5) is 5.69 Å². The molecule has 3 aromatic rings. The van der Waals surface area contributed by atoms with Gasteiger partial charge in [-0.3, -0.25) is 4.79 Å². The van der Waals surface area contributed by atoms with Crippen LogP contribution in [0.15, 0.2) is 42.9 Å². The van der Waals surface area contributed by atoms with E-state index in [9.17, 15) is 4.79 Å². The van der Waals surface area contributed by atoms with Crippen molar-refractivity contribution < 1.29 is 4.79 Å². The minimum atomic E-state index is -0.227. The molecule has 1 N–H and O–H groups in total. The SMILES string of the molecule is CSCCC(C(=O)Nc1ccn2nnnc2c1)n1cccc1. The highest BCUT2D eigenvalue weighted by Gasteiger charge is 2.19. The zero-order chi connectivity index (χ0) is 15.4. The second-order valence-corrected chi connectivity index (χ2v) is 5.80. The molecular weight excluding hydrogens is 300 g/mol. The van der Waals surface area contributed by atoms with Crippen molar-refractivity contribution in [2.75, 3.05) is 17.3 Å². The summed E-state index contributed by atoms with van der Waals surface area (Å²) in [5, 5.41) is 14.2. The first kappa shape index (κ1) is 14.6. The van der Waals surface area contributed by atoms with Crippen LogP contribution in [0.5, 0.6) is 0 Å². The third-order valence-corrected chi connectivity index (χ3v) is 4.00. The molecule has 0 fully saturated rings. The van der Waals surface area contributed by atoms with Crippen molar-refractivity contribution in [3.63, 3.8) is 0 Å². The van der Waals surface area contributed by atoms with Crippen LogP contribution in [0.3, 0.4) is 0 Å². The number of anilines is 1. The first-order valence-corrected chi connectivity index (χ1v) is 8.27. The number of hydrogen-bond acceptors (Lipinski definition) is 5. The molecule has 0 saturated carbocycles. The summed E-state index contributed by atoms with van der Waals surface area (Å²) in [5.74, 6) is 0.880. The second-order valence-electron chi connectivity index (χ2n) is 4.81. The van der Waals surface area contributed by atoms with Crippen molar-refractivity contribution in [2.45, 2.75) is 12.5 Å². The van der Waals surface area contributed by atoms with Gasteiger partial charge in [-0.15, -0.1) is 5.10 Å². The molecule has 0 aliphatic heterocycles. The number of nitrogens with one attached hydrogen (secondary N) is 1. The van der Waals surface area contributed by atoms with E-state index in [0.717, 1.165) is 12.2 Å². The van der Waals surface area contributed by atoms with E-state index in [1.54, 1.807) is 34.6 Å². The van der Waals surface area contributed by atoms with Gasteiger partial charge < -0.3 is 9.88 Å². The third-order valence-electron chi connectivity index (χ3n) is 3.35. The molecule has 0 saturated heterocycles. The summed E-state index contributed by atoms with van der Waals surface area (Å²) in [6.45, 7) is 0. The Balaban J connectivity index is 1.77. The second kappa shape index (κ2) is 6.61. The van der Waals surface area contributed by atoms with Gasteiger partial charge in [0, 0.05) is 30.3 Å². The number of carbonyl (C=O) groups excluding carboxylic acids is 1. The van der Waals surface area contributed by atoms with Gasteiger partial charge in [-0.05, 0) is 47.1 Å². The zero-order valence-electron chi connectivity index (χ0n) is 12.1. The van der Waals surface area contributed by atoms with Crippen molar-refractivity contribution in [3.05, 3.63) is 42.9 Å². The predicted octanol–water partition coefficient (Wildman–Crippen LogP) is 1.86. The fourth-order valence-electron chi connectivity index (χ4n) is 2.24. The number of fused-ring (bicyclic) bond motifs is 1. The Labute approximate surface area is 131 Å². The van der Waals surface area contributed by atoms with Crippen molar-refractivity contribution in [1.29, 1.82) is 0 Å². The monoisotopic (exact) mass is 316 g/mol. The highest BCUT2D eigenvalue weighted by molar-refractivity contribution is 7.98. The van der Waals surface area contributed by atoms with Crippen LogP contribution in [0, 0.1) is 0 Å². The average molecular weight is 316 g/mol. The number of pyridine rings is 1. The quantitative estimate of drug-likeness (QED) is 0.751. The fourth-order valence-corrected chi connectivity index (χ4v) is 2.70. The molecule has 3 heterocycles. The number of tetrazole rings is 1. The van der Waals surface area contributed by atoms with E-state index in [0.29, 0.717) is 11.3 Å². The molecule has 1 unspecified atom stereocenters. The highest BCUT2D eigenvalue weighted by atomic mass is 32.2.